The number of amides is 1. The number of methoxy groups -OCH3 is 1. The van der Waals surface area contributed by atoms with Gasteiger partial charge in [0.1, 0.15) is 11.3 Å². The summed E-state index contributed by atoms with van der Waals surface area (Å²) in [5.41, 5.74) is 1.28. The average molecular weight is 660 g/mol. The van der Waals surface area contributed by atoms with Gasteiger partial charge < -0.3 is 24.6 Å². The molecule has 0 radical (unpaired) electrons. The molecule has 0 saturated carbocycles. The highest BCUT2D eigenvalue weighted by Gasteiger charge is 2.38. The Morgan fingerprint density at radius 3 is 2.04 bits per heavy atom. The van der Waals surface area contributed by atoms with Crippen molar-refractivity contribution in [1.82, 2.24) is 5.32 Å². The Hall–Kier alpha value is -3.97. The molecule has 46 heavy (non-hydrogen) atoms. The highest BCUT2D eigenvalue weighted by Crippen LogP contribution is 2.43. The quantitative estimate of drug-likeness (QED) is 0.0800. The van der Waals surface area contributed by atoms with Crippen LogP contribution >= 0.6 is 11.8 Å². The first-order chi connectivity index (χ1) is 22.1. The Balaban J connectivity index is 1.33. The molecule has 4 aromatic carbocycles. The van der Waals surface area contributed by atoms with Crippen molar-refractivity contribution in [3.63, 3.8) is 0 Å². The fraction of sp³-hybridized carbons (Fsp3) is 0.265. The van der Waals surface area contributed by atoms with Gasteiger partial charge in [-0.15, -0.1) is 11.8 Å². The van der Waals surface area contributed by atoms with Crippen molar-refractivity contribution in [2.24, 2.45) is 5.92 Å². The maximum atomic E-state index is 14.0. The third-order valence-corrected chi connectivity index (χ3v) is 8.88. The number of aliphatic hydroxyl groups is 1. The van der Waals surface area contributed by atoms with Crippen molar-refractivity contribution in [1.29, 1.82) is 0 Å². The molecule has 0 bridgehead atoms. The van der Waals surface area contributed by atoms with E-state index in [9.17, 15) is 31.9 Å². The maximum Gasteiger partial charge on any atom is 0.257 e. The lowest BCUT2D eigenvalue weighted by Crippen LogP contribution is -2.38. The van der Waals surface area contributed by atoms with E-state index in [-0.39, 0.29) is 31.3 Å². The normalized spacial score (nSPS) is 19.6. The zero-order chi connectivity index (χ0) is 33.0. The Kier molecular flexibility index (Phi) is 10.6. The fourth-order valence-electron chi connectivity index (χ4n) is 5.09. The van der Waals surface area contributed by atoms with Crippen LogP contribution in [0.15, 0.2) is 77.7 Å². The first-order valence-electron chi connectivity index (χ1n) is 14.3. The largest absolute Gasteiger partial charge is 0.496 e. The predicted molar refractivity (Wildman–Crippen MR) is 161 cm³/mol. The maximum absolute atomic E-state index is 14.0. The molecule has 1 heterocycles. The minimum atomic E-state index is -2.34. The highest BCUT2D eigenvalue weighted by molar-refractivity contribution is 7.99. The molecule has 4 aromatic rings. The van der Waals surface area contributed by atoms with E-state index in [1.807, 2.05) is 55.5 Å². The van der Waals surface area contributed by atoms with Crippen LogP contribution in [0.25, 0.3) is 0 Å². The summed E-state index contributed by atoms with van der Waals surface area (Å²) in [7, 11) is 1.61. The standard InChI is InChI=1S/C34H30F5NO5S/c1-18-24(17-46-25-6-4-3-5-23(25)43-2)44-34(45-32(18)21-11-9-20(16-41)10-12-21)22-13-7-19(8-14-22)15-40-33(42)26-27(35)29(37)31(39)30(38)28(26)36/h3-14,18,24,32,34,41H,15-17H2,1-2H3,(H,40,42)/t18-,24+,32+,34+/m1/s1. The van der Waals surface area contributed by atoms with E-state index in [0.29, 0.717) is 16.9 Å². The lowest BCUT2D eigenvalue weighted by Gasteiger charge is -2.41. The third kappa shape index (κ3) is 7.05. The Bertz CT molecular complexity index is 1660. The number of nitrogens with one attached hydrogen (secondary N) is 1. The summed E-state index contributed by atoms with van der Waals surface area (Å²) in [6.07, 6.45) is -1.38. The van der Waals surface area contributed by atoms with E-state index in [4.69, 9.17) is 14.2 Å². The molecular weight excluding hydrogens is 629 g/mol. The first-order valence-corrected chi connectivity index (χ1v) is 15.3. The third-order valence-electron chi connectivity index (χ3n) is 7.74. The van der Waals surface area contributed by atoms with Gasteiger partial charge in [0.2, 0.25) is 5.82 Å². The zero-order valence-electron chi connectivity index (χ0n) is 24.7. The minimum Gasteiger partial charge on any atom is -0.496 e. The average Bonchev–Trinajstić information content (AvgIpc) is 3.09. The van der Waals surface area contributed by atoms with E-state index in [1.165, 1.54) is 0 Å². The molecule has 1 amide bonds. The second-order valence-corrected chi connectivity index (χ2v) is 11.7. The summed E-state index contributed by atoms with van der Waals surface area (Å²) in [5, 5.41) is 11.7. The number of para-hydroxylation sites is 1. The highest BCUT2D eigenvalue weighted by atomic mass is 32.2. The molecular formula is C34H30F5NO5S. The molecule has 6 nitrogen and oxygen atoms in total. The molecule has 5 rings (SSSR count). The lowest BCUT2D eigenvalue weighted by molar-refractivity contribution is -0.268. The molecule has 0 aromatic heterocycles. The van der Waals surface area contributed by atoms with Gasteiger partial charge in [0, 0.05) is 28.7 Å². The zero-order valence-corrected chi connectivity index (χ0v) is 25.6. The molecule has 0 unspecified atom stereocenters. The van der Waals surface area contributed by atoms with Crippen LogP contribution in [0, 0.1) is 35.0 Å². The fourth-order valence-corrected chi connectivity index (χ4v) is 6.28. The monoisotopic (exact) mass is 659 g/mol. The smallest absolute Gasteiger partial charge is 0.257 e. The van der Waals surface area contributed by atoms with E-state index in [1.54, 1.807) is 43.1 Å². The van der Waals surface area contributed by atoms with Crippen LogP contribution in [0.2, 0.25) is 0 Å². The van der Waals surface area contributed by atoms with Crippen molar-refractivity contribution < 1.29 is 46.1 Å². The van der Waals surface area contributed by atoms with Crippen LogP contribution in [-0.4, -0.2) is 30.0 Å². The van der Waals surface area contributed by atoms with Gasteiger partial charge >= 0.3 is 0 Å². The van der Waals surface area contributed by atoms with E-state index in [0.717, 1.165) is 21.8 Å². The van der Waals surface area contributed by atoms with Crippen molar-refractivity contribution >= 4 is 17.7 Å². The number of rotatable bonds is 10. The van der Waals surface area contributed by atoms with Crippen molar-refractivity contribution in [3.05, 3.63) is 130 Å². The number of carbonyl (C=O) groups excluding carboxylic acids is 1. The lowest BCUT2D eigenvalue weighted by atomic mass is 9.91. The van der Waals surface area contributed by atoms with Crippen molar-refractivity contribution in [3.8, 4) is 5.75 Å². The summed E-state index contributed by atoms with van der Waals surface area (Å²) >= 11 is 1.60. The van der Waals surface area contributed by atoms with Gasteiger partial charge in [0.15, 0.2) is 29.6 Å². The molecule has 12 heteroatoms. The summed E-state index contributed by atoms with van der Waals surface area (Å²) in [6.45, 7) is 1.71. The van der Waals surface area contributed by atoms with E-state index in [2.05, 4.69) is 5.32 Å². The van der Waals surface area contributed by atoms with Crippen LogP contribution in [0.1, 0.15) is 51.9 Å². The number of benzene rings is 4. The number of carbonyl (C=O) groups is 1. The molecule has 2 N–H and O–H groups in total. The number of thioether (sulfide) groups is 1. The first kappa shape index (κ1) is 33.4. The summed E-state index contributed by atoms with van der Waals surface area (Å²) in [4.78, 5) is 13.3. The number of aliphatic hydroxyl groups excluding tert-OH is 1. The van der Waals surface area contributed by atoms with Gasteiger partial charge in [0.25, 0.3) is 5.91 Å². The van der Waals surface area contributed by atoms with Crippen LogP contribution in [0.5, 0.6) is 5.75 Å². The molecule has 1 fully saturated rings. The second-order valence-electron chi connectivity index (χ2n) is 10.7. The molecule has 1 aliphatic heterocycles. The van der Waals surface area contributed by atoms with Gasteiger partial charge in [-0.25, -0.2) is 22.0 Å². The van der Waals surface area contributed by atoms with Crippen LogP contribution in [0.4, 0.5) is 22.0 Å². The van der Waals surface area contributed by atoms with Crippen molar-refractivity contribution in [2.45, 2.75) is 43.5 Å². The predicted octanol–water partition coefficient (Wildman–Crippen LogP) is 7.40. The van der Waals surface area contributed by atoms with Gasteiger partial charge in [-0.2, -0.15) is 0 Å². The van der Waals surface area contributed by atoms with Gasteiger partial charge in [-0.05, 0) is 28.8 Å². The molecule has 0 spiro atoms. The number of ether oxygens (including phenoxy) is 3. The Morgan fingerprint density at radius 1 is 0.826 bits per heavy atom. The molecule has 1 saturated heterocycles. The van der Waals surface area contributed by atoms with Crippen molar-refractivity contribution in [2.75, 3.05) is 12.9 Å². The number of hydrogen-bond donors (Lipinski definition) is 2. The number of hydrogen-bond acceptors (Lipinski definition) is 6. The molecule has 0 aliphatic carbocycles. The molecule has 1 aliphatic rings. The van der Waals surface area contributed by atoms with E-state index >= 15 is 0 Å². The topological polar surface area (TPSA) is 77.0 Å². The molecule has 242 valence electrons. The summed E-state index contributed by atoms with van der Waals surface area (Å²) in [5.74, 6) is -11.3. The minimum absolute atomic E-state index is 0.0603. The van der Waals surface area contributed by atoms with E-state index < -0.39 is 46.8 Å². The van der Waals surface area contributed by atoms with Gasteiger partial charge in [-0.1, -0.05) is 67.6 Å². The summed E-state index contributed by atoms with van der Waals surface area (Å²) in [6, 6.07) is 21.9. The molecule has 4 atom stereocenters. The Morgan fingerprint density at radius 2 is 1.41 bits per heavy atom. The van der Waals surface area contributed by atoms with Gasteiger partial charge in [-0.3, -0.25) is 4.79 Å². The SMILES string of the molecule is COc1ccccc1SC[C@@H]1O[C@H](c2ccc(CNC(=O)c3c(F)c(F)c(F)c(F)c3F)cc2)O[C@H](c2ccc(CO)cc2)[C@@H]1C. The Labute approximate surface area is 266 Å². The van der Waals surface area contributed by atoms with Gasteiger partial charge in [0.05, 0.1) is 25.9 Å². The van der Waals surface area contributed by atoms with Crippen LogP contribution in [0.3, 0.4) is 0 Å². The number of halogens is 5. The summed E-state index contributed by atoms with van der Waals surface area (Å²) < 4.78 is 87.0. The van der Waals surface area contributed by atoms with Crippen LogP contribution < -0.4 is 10.1 Å². The van der Waals surface area contributed by atoms with Crippen LogP contribution in [-0.2, 0) is 22.6 Å². The second kappa shape index (κ2) is 14.6.